The van der Waals surface area contributed by atoms with Gasteiger partial charge in [-0.05, 0) is 24.3 Å². The number of carbonyl (C=O) groups excluding carboxylic acids is 2. The molecule has 0 fully saturated rings. The maximum atomic E-state index is 13.3. The molecule has 6 nitrogen and oxygen atoms in total. The minimum atomic E-state index is -1.32. The van der Waals surface area contributed by atoms with Gasteiger partial charge in [0.2, 0.25) is 0 Å². The highest BCUT2D eigenvalue weighted by atomic mass is 19.1. The molecule has 0 aliphatic rings. The number of nitrogens with zero attached hydrogens (tertiary/aromatic N) is 2. The molecule has 10 heteroatoms. The number of benzene rings is 2. The zero-order chi connectivity index (χ0) is 19.1. The zero-order valence-electron chi connectivity index (χ0n) is 12.8. The van der Waals surface area contributed by atoms with Gasteiger partial charge < -0.3 is 0 Å². The maximum absolute atomic E-state index is 13.3. The van der Waals surface area contributed by atoms with Crippen LogP contribution in [-0.4, -0.2) is 24.2 Å². The Hall–Kier alpha value is -3.56. The third-order valence-electron chi connectivity index (χ3n) is 2.93. The Labute approximate surface area is 144 Å². The third kappa shape index (κ3) is 4.72. The highest BCUT2D eigenvalue weighted by molar-refractivity contribution is 6.35. The quantitative estimate of drug-likeness (QED) is 0.375. The molecule has 0 radical (unpaired) electrons. The Morgan fingerprint density at radius 2 is 1.00 bits per heavy atom. The molecule has 134 valence electrons. The summed E-state index contributed by atoms with van der Waals surface area (Å²) in [6, 6.07) is 6.21. The molecule has 0 unspecified atom stereocenters. The topological polar surface area (TPSA) is 82.9 Å². The van der Waals surface area contributed by atoms with Crippen LogP contribution in [0, 0.1) is 23.3 Å². The molecule has 2 aromatic rings. The maximum Gasteiger partial charge on any atom is 0.331 e. The molecule has 26 heavy (non-hydrogen) atoms. The van der Waals surface area contributed by atoms with Crippen molar-refractivity contribution in [2.75, 3.05) is 0 Å². The van der Waals surface area contributed by atoms with E-state index in [1.807, 2.05) is 0 Å². The van der Waals surface area contributed by atoms with Crippen molar-refractivity contribution in [3.05, 3.63) is 70.8 Å². The predicted molar refractivity (Wildman–Crippen MR) is 84.2 cm³/mol. The van der Waals surface area contributed by atoms with Crippen LogP contribution >= 0.6 is 0 Å². The van der Waals surface area contributed by atoms with Crippen LogP contribution in [0.2, 0.25) is 0 Å². The SMILES string of the molecule is O=C(N/N=C\c1c(F)cccc1F)C(=O)N/N=C\c1c(F)cccc1F. The van der Waals surface area contributed by atoms with Crippen LogP contribution in [-0.2, 0) is 9.59 Å². The molecule has 2 N–H and O–H groups in total. The molecule has 0 saturated heterocycles. The Morgan fingerprint density at radius 3 is 1.31 bits per heavy atom. The van der Waals surface area contributed by atoms with E-state index in [9.17, 15) is 27.2 Å². The van der Waals surface area contributed by atoms with Crippen LogP contribution in [0.25, 0.3) is 0 Å². The molecule has 0 atom stereocenters. The Morgan fingerprint density at radius 1 is 0.692 bits per heavy atom. The average Bonchev–Trinajstić information content (AvgIpc) is 2.59. The lowest BCUT2D eigenvalue weighted by atomic mass is 10.2. The van der Waals surface area contributed by atoms with Crippen LogP contribution in [0.15, 0.2) is 46.6 Å². The van der Waals surface area contributed by atoms with Gasteiger partial charge in [0.15, 0.2) is 0 Å². The van der Waals surface area contributed by atoms with Gasteiger partial charge in [0.25, 0.3) is 0 Å². The van der Waals surface area contributed by atoms with Crippen molar-refractivity contribution in [2.24, 2.45) is 10.2 Å². The second kappa shape index (κ2) is 8.51. The molecule has 0 spiro atoms. The van der Waals surface area contributed by atoms with Crippen molar-refractivity contribution in [2.45, 2.75) is 0 Å². The lowest BCUT2D eigenvalue weighted by molar-refractivity contribution is -0.139. The first kappa shape index (κ1) is 18.8. The largest absolute Gasteiger partial charge is 0.331 e. The molecule has 0 saturated carbocycles. The summed E-state index contributed by atoms with van der Waals surface area (Å²) in [5.41, 5.74) is 2.41. The fourth-order valence-corrected chi connectivity index (χ4v) is 1.68. The fraction of sp³-hybridized carbons (Fsp3) is 0. The molecular weight excluding hydrogens is 356 g/mol. The van der Waals surface area contributed by atoms with Crippen LogP contribution < -0.4 is 10.9 Å². The highest BCUT2D eigenvalue weighted by Crippen LogP contribution is 2.09. The number of nitrogens with one attached hydrogen (secondary N) is 2. The molecule has 0 aromatic heterocycles. The number of halogens is 4. The van der Waals surface area contributed by atoms with Gasteiger partial charge in [-0.2, -0.15) is 10.2 Å². The Kier molecular flexibility index (Phi) is 6.15. The van der Waals surface area contributed by atoms with Crippen molar-refractivity contribution in [1.82, 2.24) is 10.9 Å². The van der Waals surface area contributed by atoms with E-state index in [1.165, 1.54) is 0 Å². The van der Waals surface area contributed by atoms with Gasteiger partial charge in [-0.15, -0.1) is 0 Å². The summed E-state index contributed by atoms with van der Waals surface area (Å²) in [5, 5.41) is 6.48. The van der Waals surface area contributed by atoms with E-state index >= 15 is 0 Å². The molecule has 2 aromatic carbocycles. The summed E-state index contributed by atoms with van der Waals surface area (Å²) < 4.78 is 53.3. The first-order chi connectivity index (χ1) is 12.4. The van der Waals surface area contributed by atoms with Crippen molar-refractivity contribution in [1.29, 1.82) is 0 Å². The van der Waals surface area contributed by atoms with Crippen LogP contribution in [0.1, 0.15) is 11.1 Å². The summed E-state index contributed by atoms with van der Waals surface area (Å²) >= 11 is 0. The summed E-state index contributed by atoms with van der Waals surface area (Å²) in [5.74, 6) is -6.28. The molecule has 0 aliphatic heterocycles. The van der Waals surface area contributed by atoms with Gasteiger partial charge in [0.05, 0.1) is 23.6 Å². The normalized spacial score (nSPS) is 11.1. The van der Waals surface area contributed by atoms with Crippen LogP contribution in [0.5, 0.6) is 0 Å². The number of rotatable bonds is 4. The van der Waals surface area contributed by atoms with Gasteiger partial charge in [-0.1, -0.05) is 12.1 Å². The molecule has 2 rings (SSSR count). The molecule has 0 bridgehead atoms. The molecular formula is C16H10F4N4O2. The fourth-order valence-electron chi connectivity index (χ4n) is 1.68. The van der Waals surface area contributed by atoms with Crippen molar-refractivity contribution >= 4 is 24.2 Å². The highest BCUT2D eigenvalue weighted by Gasteiger charge is 2.12. The summed E-state index contributed by atoms with van der Waals surface area (Å²) in [6.07, 6.45) is 1.35. The minimum absolute atomic E-state index is 0.513. The zero-order valence-corrected chi connectivity index (χ0v) is 12.8. The molecule has 0 heterocycles. The number of hydrogen-bond donors (Lipinski definition) is 2. The standard InChI is InChI=1S/C16H10F4N4O2/c17-11-3-1-4-12(18)9(11)7-21-23-15(25)16(26)24-22-8-10-13(19)5-2-6-14(10)20/h1-8H,(H,23,25)(H,24,26)/b21-7-,22-8-. The predicted octanol–water partition coefficient (Wildman–Crippen LogP) is 1.84. The molecule has 0 aliphatic carbocycles. The smallest absolute Gasteiger partial charge is 0.262 e. The summed E-state index contributed by atoms with van der Waals surface area (Å²) in [7, 11) is 0. The summed E-state index contributed by atoms with van der Waals surface area (Å²) in [4.78, 5) is 22.9. The van der Waals surface area contributed by atoms with E-state index in [2.05, 4.69) is 10.2 Å². The van der Waals surface area contributed by atoms with Gasteiger partial charge in [0.1, 0.15) is 23.3 Å². The van der Waals surface area contributed by atoms with E-state index in [0.29, 0.717) is 12.4 Å². The first-order valence-corrected chi connectivity index (χ1v) is 6.94. The van der Waals surface area contributed by atoms with E-state index < -0.39 is 46.2 Å². The van der Waals surface area contributed by atoms with Crippen LogP contribution in [0.4, 0.5) is 17.6 Å². The number of amides is 2. The third-order valence-corrected chi connectivity index (χ3v) is 2.93. The monoisotopic (exact) mass is 366 g/mol. The average molecular weight is 366 g/mol. The van der Waals surface area contributed by atoms with Gasteiger partial charge in [-0.3, -0.25) is 9.59 Å². The second-order valence-electron chi connectivity index (χ2n) is 4.67. The minimum Gasteiger partial charge on any atom is -0.262 e. The van der Waals surface area contributed by atoms with Crippen molar-refractivity contribution < 1.29 is 27.2 Å². The summed E-state index contributed by atoms with van der Waals surface area (Å²) in [6.45, 7) is 0. The number of hydrogen-bond acceptors (Lipinski definition) is 4. The van der Waals surface area contributed by atoms with Gasteiger partial charge in [-0.25, -0.2) is 28.4 Å². The van der Waals surface area contributed by atoms with E-state index in [-0.39, 0.29) is 0 Å². The van der Waals surface area contributed by atoms with E-state index in [4.69, 9.17) is 0 Å². The second-order valence-corrected chi connectivity index (χ2v) is 4.67. The van der Waals surface area contributed by atoms with Crippen molar-refractivity contribution in [3.63, 3.8) is 0 Å². The van der Waals surface area contributed by atoms with Crippen molar-refractivity contribution in [3.8, 4) is 0 Å². The van der Waals surface area contributed by atoms with Crippen LogP contribution in [0.3, 0.4) is 0 Å². The number of carbonyl (C=O) groups is 2. The molecule has 2 amide bonds. The Bertz CT molecular complexity index is 786. The Balaban J connectivity index is 1.93. The van der Waals surface area contributed by atoms with Gasteiger partial charge in [0, 0.05) is 0 Å². The van der Waals surface area contributed by atoms with E-state index in [1.54, 1.807) is 10.9 Å². The first-order valence-electron chi connectivity index (χ1n) is 6.94. The van der Waals surface area contributed by atoms with Gasteiger partial charge >= 0.3 is 11.8 Å². The lowest BCUT2D eigenvalue weighted by Gasteiger charge is -2.00. The lowest BCUT2D eigenvalue weighted by Crippen LogP contribution is -2.35. The number of hydrazone groups is 2. The van der Waals surface area contributed by atoms with E-state index in [0.717, 1.165) is 36.4 Å².